The summed E-state index contributed by atoms with van der Waals surface area (Å²) in [6.07, 6.45) is 0.0811. The average molecular weight is 401 g/mol. The highest BCUT2D eigenvalue weighted by atomic mass is 35.5. The number of aliphatic hydroxyl groups excluding tert-OH is 3. The van der Waals surface area contributed by atoms with Crippen LogP contribution in [0.5, 0.6) is 11.5 Å². The highest BCUT2D eigenvalue weighted by Crippen LogP contribution is 2.38. The molecule has 0 radical (unpaired) electrons. The van der Waals surface area contributed by atoms with E-state index >= 15 is 0 Å². The van der Waals surface area contributed by atoms with E-state index in [0.29, 0.717) is 12.8 Å². The second kappa shape index (κ2) is 9.41. The standard InChI is InChI=1S/C19H25ClO7/c1-10-5-3-7-12(21)18(24)13(22)8-4-6-11-16(19(25)27-10)14(23)9-15(26-2)17(11)20/h4,6,9-10,12-13,18,21-24H,3,5,7-8H2,1-2H3. The third-order valence-electron chi connectivity index (χ3n) is 4.54. The van der Waals surface area contributed by atoms with Gasteiger partial charge in [-0.05, 0) is 32.6 Å². The third-order valence-corrected chi connectivity index (χ3v) is 4.93. The molecule has 27 heavy (non-hydrogen) atoms. The minimum Gasteiger partial charge on any atom is -0.507 e. The molecular weight excluding hydrogens is 376 g/mol. The zero-order valence-corrected chi connectivity index (χ0v) is 16.0. The topological polar surface area (TPSA) is 116 Å². The van der Waals surface area contributed by atoms with E-state index in [-0.39, 0.29) is 40.5 Å². The molecule has 0 fully saturated rings. The quantitative estimate of drug-likeness (QED) is 0.534. The van der Waals surface area contributed by atoms with Crippen LogP contribution in [-0.2, 0) is 4.74 Å². The number of phenolic OH excluding ortho intramolecular Hbond substituents is 1. The summed E-state index contributed by atoms with van der Waals surface area (Å²) >= 11 is 6.29. The van der Waals surface area contributed by atoms with E-state index in [9.17, 15) is 25.2 Å². The minimum atomic E-state index is -1.30. The maximum atomic E-state index is 12.6. The van der Waals surface area contributed by atoms with Gasteiger partial charge in [0.05, 0.1) is 30.4 Å². The summed E-state index contributed by atoms with van der Waals surface area (Å²) in [5, 5.41) is 40.5. The Hall–Kier alpha value is -1.80. The highest BCUT2D eigenvalue weighted by molar-refractivity contribution is 6.34. The lowest BCUT2D eigenvalue weighted by atomic mass is 9.98. The van der Waals surface area contributed by atoms with Crippen LogP contribution < -0.4 is 4.74 Å². The second-order valence-electron chi connectivity index (χ2n) is 6.61. The number of methoxy groups -OCH3 is 1. The molecule has 150 valence electrons. The van der Waals surface area contributed by atoms with Crippen molar-refractivity contribution in [3.8, 4) is 11.5 Å². The SMILES string of the molecule is COc1cc(O)c2c(c1Cl)C=CCC(O)C(O)C(O)CCCC(C)OC2=O. The lowest BCUT2D eigenvalue weighted by Crippen LogP contribution is -2.37. The summed E-state index contributed by atoms with van der Waals surface area (Å²) in [6.45, 7) is 1.69. The first kappa shape index (κ1) is 21.5. The normalized spacial score (nSPS) is 27.4. The van der Waals surface area contributed by atoms with Crippen molar-refractivity contribution in [3.63, 3.8) is 0 Å². The molecule has 0 spiro atoms. The molecule has 1 aliphatic heterocycles. The van der Waals surface area contributed by atoms with Crippen molar-refractivity contribution in [3.05, 3.63) is 28.3 Å². The Morgan fingerprint density at radius 3 is 2.59 bits per heavy atom. The first-order chi connectivity index (χ1) is 12.8. The van der Waals surface area contributed by atoms with Gasteiger partial charge in [-0.1, -0.05) is 23.8 Å². The van der Waals surface area contributed by atoms with Crippen LogP contribution in [-0.4, -0.2) is 57.9 Å². The number of carbonyl (C=O) groups is 1. The van der Waals surface area contributed by atoms with E-state index < -0.39 is 30.4 Å². The molecule has 4 atom stereocenters. The van der Waals surface area contributed by atoms with Crippen LogP contribution in [0.25, 0.3) is 6.08 Å². The van der Waals surface area contributed by atoms with Gasteiger partial charge in [-0.15, -0.1) is 0 Å². The maximum Gasteiger partial charge on any atom is 0.342 e. The fourth-order valence-corrected chi connectivity index (χ4v) is 3.26. The van der Waals surface area contributed by atoms with Crippen molar-refractivity contribution in [2.75, 3.05) is 7.11 Å². The number of carbonyl (C=O) groups excluding carboxylic acids is 1. The molecule has 1 heterocycles. The van der Waals surface area contributed by atoms with E-state index in [2.05, 4.69) is 0 Å². The van der Waals surface area contributed by atoms with Crippen molar-refractivity contribution in [2.45, 2.75) is 57.0 Å². The van der Waals surface area contributed by atoms with Gasteiger partial charge >= 0.3 is 5.97 Å². The first-order valence-electron chi connectivity index (χ1n) is 8.77. The van der Waals surface area contributed by atoms with Crippen molar-refractivity contribution < 1.29 is 34.7 Å². The van der Waals surface area contributed by atoms with Gasteiger partial charge in [-0.3, -0.25) is 0 Å². The number of hydrogen-bond donors (Lipinski definition) is 4. The van der Waals surface area contributed by atoms with Crippen LogP contribution in [0.2, 0.25) is 5.02 Å². The smallest absolute Gasteiger partial charge is 0.342 e. The van der Waals surface area contributed by atoms with Crippen molar-refractivity contribution in [1.29, 1.82) is 0 Å². The largest absolute Gasteiger partial charge is 0.507 e. The number of aromatic hydroxyl groups is 1. The Kier molecular flexibility index (Phi) is 7.49. The zero-order valence-electron chi connectivity index (χ0n) is 15.3. The van der Waals surface area contributed by atoms with Crippen molar-refractivity contribution in [2.24, 2.45) is 0 Å². The van der Waals surface area contributed by atoms with E-state index in [0.717, 1.165) is 0 Å². The summed E-state index contributed by atoms with van der Waals surface area (Å²) in [5.74, 6) is -0.894. The van der Waals surface area contributed by atoms with Gasteiger partial charge in [-0.2, -0.15) is 0 Å². The van der Waals surface area contributed by atoms with Gasteiger partial charge in [0.1, 0.15) is 23.2 Å². The fourth-order valence-electron chi connectivity index (χ4n) is 2.97. The second-order valence-corrected chi connectivity index (χ2v) is 6.99. The van der Waals surface area contributed by atoms with Gasteiger partial charge in [-0.25, -0.2) is 4.79 Å². The van der Waals surface area contributed by atoms with Gasteiger partial charge in [0.15, 0.2) is 0 Å². The maximum absolute atomic E-state index is 12.6. The van der Waals surface area contributed by atoms with Crippen LogP contribution in [0.1, 0.15) is 48.5 Å². The first-order valence-corrected chi connectivity index (χ1v) is 9.15. The summed E-state index contributed by atoms with van der Waals surface area (Å²) in [6, 6.07) is 1.24. The monoisotopic (exact) mass is 400 g/mol. The summed E-state index contributed by atoms with van der Waals surface area (Å²) < 4.78 is 10.5. The summed E-state index contributed by atoms with van der Waals surface area (Å²) in [5.41, 5.74) is 0.0843. The molecule has 0 amide bonds. The Balaban J connectivity index is 2.48. The van der Waals surface area contributed by atoms with Gasteiger partial charge in [0.25, 0.3) is 0 Å². The Bertz CT molecular complexity index is 704. The van der Waals surface area contributed by atoms with Crippen LogP contribution in [0.15, 0.2) is 12.1 Å². The molecule has 0 aromatic heterocycles. The van der Waals surface area contributed by atoms with Gasteiger partial charge in [0, 0.05) is 11.6 Å². The minimum absolute atomic E-state index is 0.0113. The molecule has 0 aliphatic carbocycles. The molecular formula is C19H25ClO7. The third kappa shape index (κ3) is 5.13. The molecule has 0 bridgehead atoms. The highest BCUT2D eigenvalue weighted by Gasteiger charge is 2.27. The molecule has 4 unspecified atom stereocenters. The molecule has 1 aliphatic rings. The van der Waals surface area contributed by atoms with Crippen LogP contribution >= 0.6 is 11.6 Å². The molecule has 2 rings (SSSR count). The van der Waals surface area contributed by atoms with E-state index in [1.165, 1.54) is 25.3 Å². The Morgan fingerprint density at radius 2 is 1.93 bits per heavy atom. The van der Waals surface area contributed by atoms with E-state index in [1.54, 1.807) is 6.92 Å². The summed E-state index contributed by atoms with van der Waals surface area (Å²) in [4.78, 5) is 12.6. The van der Waals surface area contributed by atoms with Crippen molar-refractivity contribution in [1.82, 2.24) is 0 Å². The number of aliphatic hydroxyl groups is 3. The number of phenols is 1. The zero-order chi connectivity index (χ0) is 20.1. The molecule has 0 saturated heterocycles. The lowest BCUT2D eigenvalue weighted by Gasteiger charge is -2.23. The molecule has 1 aromatic carbocycles. The number of hydrogen-bond acceptors (Lipinski definition) is 7. The lowest BCUT2D eigenvalue weighted by molar-refractivity contribution is -0.0613. The van der Waals surface area contributed by atoms with Gasteiger partial charge in [0.2, 0.25) is 0 Å². The van der Waals surface area contributed by atoms with Crippen LogP contribution in [0, 0.1) is 0 Å². The molecule has 8 heteroatoms. The molecule has 0 saturated carbocycles. The predicted octanol–water partition coefficient (Wildman–Crippen LogP) is 2.27. The molecule has 4 N–H and O–H groups in total. The van der Waals surface area contributed by atoms with Gasteiger partial charge < -0.3 is 29.9 Å². The molecule has 1 aromatic rings. The Labute approximate surface area is 162 Å². The number of esters is 1. The fraction of sp³-hybridized carbons (Fsp3) is 0.526. The van der Waals surface area contributed by atoms with E-state index in [4.69, 9.17) is 21.1 Å². The van der Waals surface area contributed by atoms with Crippen LogP contribution in [0.4, 0.5) is 0 Å². The number of halogens is 1. The number of rotatable bonds is 1. The average Bonchev–Trinajstić information content (AvgIpc) is 2.62. The summed E-state index contributed by atoms with van der Waals surface area (Å²) in [7, 11) is 1.38. The number of ether oxygens (including phenoxy) is 2. The molecule has 7 nitrogen and oxygen atoms in total. The van der Waals surface area contributed by atoms with Crippen LogP contribution in [0.3, 0.4) is 0 Å². The van der Waals surface area contributed by atoms with E-state index in [1.807, 2.05) is 0 Å². The number of benzene rings is 1. The predicted molar refractivity (Wildman–Crippen MR) is 100 cm³/mol. The van der Waals surface area contributed by atoms with Crippen molar-refractivity contribution >= 4 is 23.6 Å². The number of cyclic esters (lactones) is 1. The Morgan fingerprint density at radius 1 is 1.22 bits per heavy atom. The number of fused-ring (bicyclic) bond motifs is 1.